The largest absolute Gasteiger partial charge is 0.301 e. The molecule has 5 nitrogen and oxygen atoms in total. The second-order valence-electron chi connectivity index (χ2n) is 5.74. The van der Waals surface area contributed by atoms with Crippen molar-refractivity contribution in [2.24, 2.45) is 0 Å². The lowest BCUT2D eigenvalue weighted by Crippen LogP contribution is -2.13. The van der Waals surface area contributed by atoms with Gasteiger partial charge in [0.15, 0.2) is 9.47 Å². The third-order valence-corrected chi connectivity index (χ3v) is 6.25. The number of thioether (sulfide) groups is 1. The molecule has 0 spiro atoms. The molecule has 0 saturated heterocycles. The van der Waals surface area contributed by atoms with Crippen LogP contribution < -0.4 is 5.32 Å². The summed E-state index contributed by atoms with van der Waals surface area (Å²) < 4.78 is 0.804. The topological polar surface area (TPSA) is 67.8 Å². The van der Waals surface area contributed by atoms with Gasteiger partial charge in [-0.05, 0) is 38.8 Å². The second-order valence-corrected chi connectivity index (χ2v) is 9.00. The summed E-state index contributed by atoms with van der Waals surface area (Å²) in [5.41, 5.74) is 5.68. The Hall–Kier alpha value is -1.77. The zero-order valence-electron chi connectivity index (χ0n) is 14.4. The summed E-state index contributed by atoms with van der Waals surface area (Å²) in [6.07, 6.45) is 0. The van der Waals surface area contributed by atoms with E-state index in [0.29, 0.717) is 10.9 Å². The van der Waals surface area contributed by atoms with Crippen molar-refractivity contribution in [1.82, 2.24) is 15.2 Å². The van der Waals surface area contributed by atoms with Crippen molar-refractivity contribution in [1.29, 1.82) is 0 Å². The number of aryl methyl sites for hydroxylation is 4. The molecule has 0 aliphatic rings. The van der Waals surface area contributed by atoms with E-state index in [1.54, 1.807) is 0 Å². The van der Waals surface area contributed by atoms with E-state index in [4.69, 9.17) is 0 Å². The molecule has 3 rings (SSSR count). The van der Waals surface area contributed by atoms with Gasteiger partial charge in [-0.2, -0.15) is 0 Å². The maximum atomic E-state index is 12.1. The highest BCUT2D eigenvalue weighted by Crippen LogP contribution is 2.31. The molecule has 2 heterocycles. The minimum Gasteiger partial charge on any atom is -0.301 e. The molecule has 8 heteroatoms. The average molecular weight is 391 g/mol. The van der Waals surface area contributed by atoms with Crippen LogP contribution in [-0.2, 0) is 4.79 Å². The summed E-state index contributed by atoms with van der Waals surface area (Å²) in [7, 11) is 0. The van der Waals surface area contributed by atoms with Gasteiger partial charge >= 0.3 is 0 Å². The SMILES string of the molecule is Cc1cc(C)c(-c2csc(NC(=O)CSc3nnc(C)s3)n2)c(C)c1. The Morgan fingerprint density at radius 1 is 1.16 bits per heavy atom. The zero-order valence-corrected chi connectivity index (χ0v) is 16.9. The van der Waals surface area contributed by atoms with E-state index in [1.165, 1.54) is 51.1 Å². The van der Waals surface area contributed by atoms with Crippen LogP contribution in [0.2, 0.25) is 0 Å². The molecule has 0 saturated carbocycles. The molecular weight excluding hydrogens is 372 g/mol. The fourth-order valence-corrected chi connectivity index (χ4v) is 4.98. The number of amides is 1. The number of nitrogens with one attached hydrogen (secondary N) is 1. The van der Waals surface area contributed by atoms with Gasteiger partial charge in [-0.1, -0.05) is 40.8 Å². The Bertz CT molecular complexity index is 893. The number of aromatic nitrogens is 3. The summed E-state index contributed by atoms with van der Waals surface area (Å²) in [6, 6.07) is 4.31. The number of carbonyl (C=O) groups excluding carboxylic acids is 1. The third kappa shape index (κ3) is 4.45. The fourth-order valence-electron chi connectivity index (χ4n) is 2.65. The first-order valence-electron chi connectivity index (χ1n) is 7.69. The van der Waals surface area contributed by atoms with Crippen molar-refractivity contribution in [2.75, 3.05) is 11.1 Å². The number of benzene rings is 1. The van der Waals surface area contributed by atoms with E-state index in [9.17, 15) is 4.79 Å². The number of nitrogens with zero attached hydrogens (tertiary/aromatic N) is 3. The zero-order chi connectivity index (χ0) is 18.0. The van der Waals surface area contributed by atoms with E-state index in [2.05, 4.69) is 53.4 Å². The van der Waals surface area contributed by atoms with Crippen molar-refractivity contribution < 1.29 is 4.79 Å². The van der Waals surface area contributed by atoms with Gasteiger partial charge in [0.25, 0.3) is 0 Å². The van der Waals surface area contributed by atoms with Gasteiger partial charge < -0.3 is 5.32 Å². The minimum atomic E-state index is -0.0869. The summed E-state index contributed by atoms with van der Waals surface area (Å²) in [6.45, 7) is 8.17. The predicted octanol–water partition coefficient (Wildman–Crippen LogP) is 4.63. The molecule has 0 fully saturated rings. The van der Waals surface area contributed by atoms with Crippen LogP contribution in [0.5, 0.6) is 0 Å². The van der Waals surface area contributed by atoms with Gasteiger partial charge in [-0.3, -0.25) is 4.79 Å². The van der Waals surface area contributed by atoms with Crippen molar-refractivity contribution in [3.8, 4) is 11.3 Å². The van der Waals surface area contributed by atoms with Gasteiger partial charge in [0.05, 0.1) is 11.4 Å². The van der Waals surface area contributed by atoms with Crippen molar-refractivity contribution >= 4 is 45.5 Å². The van der Waals surface area contributed by atoms with Crippen LogP contribution in [0.25, 0.3) is 11.3 Å². The third-order valence-electron chi connectivity index (χ3n) is 3.52. The normalized spacial score (nSPS) is 10.9. The molecule has 0 radical (unpaired) electrons. The first-order valence-corrected chi connectivity index (χ1v) is 10.4. The molecule has 0 atom stereocenters. The average Bonchev–Trinajstić information content (AvgIpc) is 3.13. The number of rotatable bonds is 5. The van der Waals surface area contributed by atoms with E-state index in [1.807, 2.05) is 12.3 Å². The molecule has 0 aliphatic carbocycles. The van der Waals surface area contributed by atoms with Gasteiger partial charge in [-0.15, -0.1) is 21.5 Å². The van der Waals surface area contributed by atoms with E-state index in [-0.39, 0.29) is 5.91 Å². The lowest BCUT2D eigenvalue weighted by molar-refractivity contribution is -0.113. The molecule has 3 aromatic rings. The highest BCUT2D eigenvalue weighted by molar-refractivity contribution is 8.01. The Morgan fingerprint density at radius 3 is 2.52 bits per heavy atom. The van der Waals surface area contributed by atoms with Gasteiger partial charge in [0.2, 0.25) is 5.91 Å². The Labute approximate surface area is 158 Å². The molecule has 0 aliphatic heterocycles. The minimum absolute atomic E-state index is 0.0869. The van der Waals surface area contributed by atoms with Crippen LogP contribution in [0.1, 0.15) is 21.7 Å². The standard InChI is InChI=1S/C17H18N4OS3/c1-9-5-10(2)15(11(3)6-9)13-7-23-16(18-13)19-14(22)8-24-17-21-20-12(4)25-17/h5-7H,8H2,1-4H3,(H,18,19,22). The monoisotopic (exact) mass is 390 g/mol. The summed E-state index contributed by atoms with van der Waals surface area (Å²) in [4.78, 5) is 16.7. The van der Waals surface area contributed by atoms with Crippen molar-refractivity contribution in [3.63, 3.8) is 0 Å². The van der Waals surface area contributed by atoms with Crippen LogP contribution in [0.4, 0.5) is 5.13 Å². The molecule has 0 bridgehead atoms. The number of hydrogen-bond donors (Lipinski definition) is 1. The molecule has 0 unspecified atom stereocenters. The molecule has 25 heavy (non-hydrogen) atoms. The van der Waals surface area contributed by atoms with E-state index < -0.39 is 0 Å². The number of hydrogen-bond acceptors (Lipinski definition) is 7. The van der Waals surface area contributed by atoms with Crippen LogP contribution >= 0.6 is 34.4 Å². The molecule has 1 N–H and O–H groups in total. The first kappa shape index (κ1) is 18.0. The van der Waals surface area contributed by atoms with Crippen molar-refractivity contribution in [2.45, 2.75) is 32.0 Å². The Kier molecular flexibility index (Phi) is 5.51. The van der Waals surface area contributed by atoms with Crippen LogP contribution in [0.15, 0.2) is 21.9 Å². The second kappa shape index (κ2) is 7.63. The Balaban J connectivity index is 1.66. The highest BCUT2D eigenvalue weighted by atomic mass is 32.2. The van der Waals surface area contributed by atoms with Crippen LogP contribution in [0, 0.1) is 27.7 Å². The van der Waals surface area contributed by atoms with E-state index in [0.717, 1.165) is 20.6 Å². The summed E-state index contributed by atoms with van der Waals surface area (Å²) in [5, 5.41) is 14.3. The lowest BCUT2D eigenvalue weighted by atomic mass is 9.98. The van der Waals surface area contributed by atoms with Gasteiger partial charge in [0, 0.05) is 10.9 Å². The van der Waals surface area contributed by atoms with Crippen LogP contribution in [-0.4, -0.2) is 26.8 Å². The highest BCUT2D eigenvalue weighted by Gasteiger charge is 2.13. The van der Waals surface area contributed by atoms with Gasteiger partial charge in [-0.25, -0.2) is 4.98 Å². The van der Waals surface area contributed by atoms with Gasteiger partial charge in [0.1, 0.15) is 5.01 Å². The molecule has 1 aromatic carbocycles. The first-order chi connectivity index (χ1) is 11.9. The fraction of sp³-hybridized carbons (Fsp3) is 0.294. The van der Waals surface area contributed by atoms with Crippen LogP contribution in [0.3, 0.4) is 0 Å². The Morgan fingerprint density at radius 2 is 1.88 bits per heavy atom. The maximum absolute atomic E-state index is 12.1. The molecule has 2 aromatic heterocycles. The molecular formula is C17H18N4OS3. The smallest absolute Gasteiger partial charge is 0.236 e. The predicted molar refractivity (Wildman–Crippen MR) is 106 cm³/mol. The maximum Gasteiger partial charge on any atom is 0.236 e. The van der Waals surface area contributed by atoms with Crippen molar-refractivity contribution in [3.05, 3.63) is 39.2 Å². The number of carbonyl (C=O) groups is 1. The quantitative estimate of drug-likeness (QED) is 0.644. The number of anilines is 1. The van der Waals surface area contributed by atoms with E-state index >= 15 is 0 Å². The summed E-state index contributed by atoms with van der Waals surface area (Å²) in [5.74, 6) is 0.211. The summed E-state index contributed by atoms with van der Waals surface area (Å²) >= 11 is 4.32. The molecule has 1 amide bonds. The molecule has 130 valence electrons. The number of thiazole rings is 1. The lowest BCUT2D eigenvalue weighted by Gasteiger charge is -2.08.